The minimum atomic E-state index is -0.525. The van der Waals surface area contributed by atoms with Gasteiger partial charge < -0.3 is 4.74 Å². The first-order chi connectivity index (χ1) is 9.20. The second-order valence-corrected chi connectivity index (χ2v) is 4.85. The Kier molecular flexibility index (Phi) is 4.55. The van der Waals surface area contributed by atoms with E-state index in [9.17, 15) is 9.59 Å². The van der Waals surface area contributed by atoms with Crippen molar-refractivity contribution in [1.82, 2.24) is 4.90 Å². The van der Waals surface area contributed by atoms with E-state index in [2.05, 4.69) is 6.92 Å². The van der Waals surface area contributed by atoms with Gasteiger partial charge in [-0.1, -0.05) is 43.7 Å². The predicted octanol–water partition coefficient (Wildman–Crippen LogP) is 2.97. The van der Waals surface area contributed by atoms with Crippen molar-refractivity contribution in [3.05, 3.63) is 35.9 Å². The summed E-state index contributed by atoms with van der Waals surface area (Å²) in [6.07, 6.45) is 1.79. The molecule has 0 radical (unpaired) electrons. The molecule has 102 valence electrons. The number of nitrogens with zero attached hydrogens (tertiary/aromatic N) is 1. The molecule has 1 aromatic rings. The molecule has 0 bridgehead atoms. The van der Waals surface area contributed by atoms with Crippen LogP contribution in [-0.4, -0.2) is 23.4 Å². The molecular weight excluding hydrogens is 242 g/mol. The molecule has 0 aromatic heterocycles. The van der Waals surface area contributed by atoms with Gasteiger partial charge >= 0.3 is 6.09 Å². The lowest BCUT2D eigenvalue weighted by Gasteiger charge is -2.28. The number of piperidine rings is 1. The maximum atomic E-state index is 11.9. The van der Waals surface area contributed by atoms with Crippen molar-refractivity contribution in [3.8, 4) is 0 Å². The van der Waals surface area contributed by atoms with Gasteiger partial charge in [0, 0.05) is 13.0 Å². The summed E-state index contributed by atoms with van der Waals surface area (Å²) in [5, 5.41) is 0. The van der Waals surface area contributed by atoms with Crippen molar-refractivity contribution in [2.24, 2.45) is 5.92 Å². The van der Waals surface area contributed by atoms with Gasteiger partial charge in [0.15, 0.2) is 0 Å². The van der Waals surface area contributed by atoms with Crippen LogP contribution in [0.5, 0.6) is 0 Å². The summed E-state index contributed by atoms with van der Waals surface area (Å²) in [7, 11) is 0. The molecule has 0 aliphatic carbocycles. The van der Waals surface area contributed by atoms with Crippen molar-refractivity contribution in [2.45, 2.75) is 32.8 Å². The Hall–Kier alpha value is -1.84. The SMILES string of the molecule is CC[C@@H]1CCN(C(=O)OCc2ccccc2)C(=O)C1. The highest BCUT2D eigenvalue weighted by molar-refractivity contribution is 5.92. The molecule has 1 aliphatic rings. The van der Waals surface area contributed by atoms with E-state index < -0.39 is 6.09 Å². The van der Waals surface area contributed by atoms with E-state index in [1.165, 1.54) is 4.90 Å². The molecule has 19 heavy (non-hydrogen) atoms. The number of carbonyl (C=O) groups is 2. The van der Waals surface area contributed by atoms with Crippen LogP contribution in [0, 0.1) is 5.92 Å². The normalized spacial score (nSPS) is 19.3. The van der Waals surface area contributed by atoms with Crippen molar-refractivity contribution in [1.29, 1.82) is 0 Å². The zero-order valence-corrected chi connectivity index (χ0v) is 11.2. The van der Waals surface area contributed by atoms with Gasteiger partial charge in [-0.15, -0.1) is 0 Å². The van der Waals surface area contributed by atoms with E-state index in [4.69, 9.17) is 4.74 Å². The van der Waals surface area contributed by atoms with Gasteiger partial charge in [0.05, 0.1) is 0 Å². The standard InChI is InChI=1S/C15H19NO3/c1-2-12-8-9-16(14(17)10-12)15(18)19-11-13-6-4-3-5-7-13/h3-7,12H,2,8-11H2,1H3/t12-/m1/s1. The van der Waals surface area contributed by atoms with Crippen molar-refractivity contribution in [2.75, 3.05) is 6.54 Å². The quantitative estimate of drug-likeness (QED) is 0.840. The minimum absolute atomic E-state index is 0.115. The van der Waals surface area contributed by atoms with Crippen molar-refractivity contribution in [3.63, 3.8) is 0 Å². The van der Waals surface area contributed by atoms with Crippen LogP contribution in [0.1, 0.15) is 31.7 Å². The molecule has 0 spiro atoms. The van der Waals surface area contributed by atoms with Gasteiger partial charge in [-0.3, -0.25) is 4.79 Å². The summed E-state index contributed by atoms with van der Waals surface area (Å²) in [5.41, 5.74) is 0.923. The number of hydrogen-bond donors (Lipinski definition) is 0. The molecule has 4 nitrogen and oxygen atoms in total. The molecule has 4 heteroatoms. The van der Waals surface area contributed by atoms with E-state index in [0.717, 1.165) is 18.4 Å². The summed E-state index contributed by atoms with van der Waals surface area (Å²) in [4.78, 5) is 24.9. The number of likely N-dealkylation sites (tertiary alicyclic amines) is 1. The Bertz CT molecular complexity index is 444. The van der Waals surface area contributed by atoms with Crippen LogP contribution in [0.15, 0.2) is 30.3 Å². The highest BCUT2D eigenvalue weighted by atomic mass is 16.6. The number of imide groups is 1. The van der Waals surface area contributed by atoms with Crippen LogP contribution in [0.25, 0.3) is 0 Å². The fourth-order valence-electron chi connectivity index (χ4n) is 2.23. The minimum Gasteiger partial charge on any atom is -0.444 e. The van der Waals surface area contributed by atoms with Crippen LogP contribution >= 0.6 is 0 Å². The van der Waals surface area contributed by atoms with Gasteiger partial charge in [-0.2, -0.15) is 0 Å². The number of hydrogen-bond acceptors (Lipinski definition) is 3. The lowest BCUT2D eigenvalue weighted by atomic mass is 9.94. The Balaban J connectivity index is 1.85. The zero-order valence-electron chi connectivity index (χ0n) is 11.2. The lowest BCUT2D eigenvalue weighted by Crippen LogP contribution is -2.43. The molecule has 1 heterocycles. The van der Waals surface area contributed by atoms with Crippen molar-refractivity contribution >= 4 is 12.0 Å². The molecule has 0 unspecified atom stereocenters. The predicted molar refractivity (Wildman–Crippen MR) is 71.4 cm³/mol. The molecule has 2 rings (SSSR count). The van der Waals surface area contributed by atoms with Crippen LogP contribution in [0.3, 0.4) is 0 Å². The topological polar surface area (TPSA) is 46.6 Å². The highest BCUT2D eigenvalue weighted by Crippen LogP contribution is 2.21. The molecule has 1 aromatic carbocycles. The van der Waals surface area contributed by atoms with Gasteiger partial charge in [0.25, 0.3) is 0 Å². The summed E-state index contributed by atoms with van der Waals surface area (Å²) in [6, 6.07) is 9.46. The Morgan fingerprint density at radius 3 is 2.74 bits per heavy atom. The second kappa shape index (κ2) is 6.36. The first-order valence-electron chi connectivity index (χ1n) is 6.71. The van der Waals surface area contributed by atoms with Crippen LogP contribution in [-0.2, 0) is 16.1 Å². The second-order valence-electron chi connectivity index (χ2n) is 4.85. The van der Waals surface area contributed by atoms with Crippen LogP contribution in [0.2, 0.25) is 0 Å². The highest BCUT2D eigenvalue weighted by Gasteiger charge is 2.30. The average molecular weight is 261 g/mol. The zero-order chi connectivity index (χ0) is 13.7. The van der Waals surface area contributed by atoms with E-state index >= 15 is 0 Å². The average Bonchev–Trinajstić information content (AvgIpc) is 2.45. The molecule has 1 fully saturated rings. The lowest BCUT2D eigenvalue weighted by molar-refractivity contribution is -0.133. The van der Waals surface area contributed by atoms with Crippen LogP contribution < -0.4 is 0 Å². The Morgan fingerprint density at radius 2 is 2.11 bits per heavy atom. The molecule has 1 atom stereocenters. The Labute approximate surface area is 113 Å². The summed E-state index contributed by atoms with van der Waals surface area (Å²) < 4.78 is 5.17. The summed E-state index contributed by atoms with van der Waals surface area (Å²) >= 11 is 0. The number of rotatable bonds is 3. The third-order valence-electron chi connectivity index (χ3n) is 3.53. The van der Waals surface area contributed by atoms with Gasteiger partial charge in [0.2, 0.25) is 5.91 Å². The summed E-state index contributed by atoms with van der Waals surface area (Å²) in [5.74, 6) is 0.293. The smallest absolute Gasteiger partial charge is 0.416 e. The third kappa shape index (κ3) is 3.56. The monoisotopic (exact) mass is 261 g/mol. The molecule has 0 N–H and O–H groups in total. The fraction of sp³-hybridized carbons (Fsp3) is 0.467. The number of amides is 2. The maximum absolute atomic E-state index is 11.9. The van der Waals surface area contributed by atoms with E-state index in [1.807, 2.05) is 30.3 Å². The first kappa shape index (κ1) is 13.6. The van der Waals surface area contributed by atoms with E-state index in [0.29, 0.717) is 18.9 Å². The molecule has 1 aliphatic heterocycles. The number of carbonyl (C=O) groups excluding carboxylic acids is 2. The molecule has 2 amide bonds. The third-order valence-corrected chi connectivity index (χ3v) is 3.53. The van der Waals surface area contributed by atoms with Crippen LogP contribution in [0.4, 0.5) is 4.79 Å². The van der Waals surface area contributed by atoms with Gasteiger partial charge in [0.1, 0.15) is 6.61 Å². The van der Waals surface area contributed by atoms with Gasteiger partial charge in [-0.05, 0) is 17.9 Å². The van der Waals surface area contributed by atoms with Gasteiger partial charge in [-0.25, -0.2) is 9.69 Å². The first-order valence-corrected chi connectivity index (χ1v) is 6.71. The molecular formula is C15H19NO3. The largest absolute Gasteiger partial charge is 0.444 e. The maximum Gasteiger partial charge on any atom is 0.416 e. The van der Waals surface area contributed by atoms with E-state index in [1.54, 1.807) is 0 Å². The Morgan fingerprint density at radius 1 is 1.37 bits per heavy atom. The van der Waals surface area contributed by atoms with E-state index in [-0.39, 0.29) is 12.5 Å². The van der Waals surface area contributed by atoms with Crippen molar-refractivity contribution < 1.29 is 14.3 Å². The summed E-state index contributed by atoms with van der Waals surface area (Å²) in [6.45, 7) is 2.76. The molecule has 1 saturated heterocycles. The number of ether oxygens (including phenoxy) is 1. The molecule has 0 saturated carbocycles. The number of benzene rings is 1. The fourth-order valence-corrected chi connectivity index (χ4v) is 2.23.